The molecule has 13 heavy (non-hydrogen) atoms. The van der Waals surface area contributed by atoms with Gasteiger partial charge in [-0.15, -0.1) is 0 Å². The molecule has 0 saturated carbocycles. The van der Waals surface area contributed by atoms with Crippen molar-refractivity contribution >= 4 is 6.09 Å². The van der Waals surface area contributed by atoms with Crippen LogP contribution in [-0.4, -0.2) is 11.2 Å². The number of carboxylic acid groups (broad SMARTS) is 1. The SMILES string of the molecule is CCC=C(CCCCC)NC(=O)O. The van der Waals surface area contributed by atoms with Gasteiger partial charge in [0.2, 0.25) is 0 Å². The second-order valence-corrected chi connectivity index (χ2v) is 3.02. The lowest BCUT2D eigenvalue weighted by Crippen LogP contribution is -2.20. The van der Waals surface area contributed by atoms with Crippen LogP contribution in [0.4, 0.5) is 4.79 Å². The van der Waals surface area contributed by atoms with Gasteiger partial charge >= 0.3 is 6.09 Å². The fraction of sp³-hybridized carbons (Fsp3) is 0.700. The van der Waals surface area contributed by atoms with Crippen molar-refractivity contribution in [2.24, 2.45) is 0 Å². The van der Waals surface area contributed by atoms with Crippen molar-refractivity contribution in [1.82, 2.24) is 5.32 Å². The summed E-state index contributed by atoms with van der Waals surface area (Å²) in [5.41, 5.74) is 0.837. The molecule has 3 heteroatoms. The maximum absolute atomic E-state index is 10.4. The molecule has 0 bridgehead atoms. The van der Waals surface area contributed by atoms with E-state index in [9.17, 15) is 4.79 Å². The van der Waals surface area contributed by atoms with Crippen molar-refractivity contribution in [3.05, 3.63) is 11.8 Å². The van der Waals surface area contributed by atoms with Gasteiger partial charge in [0.05, 0.1) is 0 Å². The highest BCUT2D eigenvalue weighted by molar-refractivity contribution is 5.66. The molecule has 0 rings (SSSR count). The lowest BCUT2D eigenvalue weighted by Gasteiger charge is -2.05. The van der Waals surface area contributed by atoms with Crippen molar-refractivity contribution in [3.63, 3.8) is 0 Å². The summed E-state index contributed by atoms with van der Waals surface area (Å²) in [5, 5.41) is 10.9. The minimum absolute atomic E-state index is 0.837. The molecule has 0 aliphatic rings. The molecule has 0 unspecified atom stereocenters. The molecule has 0 aliphatic carbocycles. The van der Waals surface area contributed by atoms with E-state index in [2.05, 4.69) is 12.2 Å². The van der Waals surface area contributed by atoms with Gasteiger partial charge in [-0.2, -0.15) is 0 Å². The Hall–Kier alpha value is -0.990. The quantitative estimate of drug-likeness (QED) is 0.624. The van der Waals surface area contributed by atoms with Crippen LogP contribution in [-0.2, 0) is 0 Å². The zero-order chi connectivity index (χ0) is 10.1. The molecule has 0 atom stereocenters. The number of amides is 1. The standard InChI is InChI=1S/C10H19NO2/c1-3-5-6-8-9(7-4-2)11-10(12)13/h7,11H,3-6,8H2,1-2H3,(H,12,13). The first kappa shape index (κ1) is 12.0. The van der Waals surface area contributed by atoms with Gasteiger partial charge in [-0.1, -0.05) is 32.8 Å². The molecular formula is C10H19NO2. The van der Waals surface area contributed by atoms with Crippen LogP contribution in [0.5, 0.6) is 0 Å². The number of hydrogen-bond acceptors (Lipinski definition) is 1. The molecule has 0 spiro atoms. The fourth-order valence-electron chi connectivity index (χ4n) is 1.16. The Labute approximate surface area is 79.8 Å². The zero-order valence-electron chi connectivity index (χ0n) is 8.47. The van der Waals surface area contributed by atoms with E-state index in [1.54, 1.807) is 0 Å². The lowest BCUT2D eigenvalue weighted by molar-refractivity contribution is 0.197. The van der Waals surface area contributed by atoms with Gasteiger partial charge in [0, 0.05) is 5.70 Å². The van der Waals surface area contributed by atoms with Crippen molar-refractivity contribution < 1.29 is 9.90 Å². The third-order valence-electron chi connectivity index (χ3n) is 1.77. The van der Waals surface area contributed by atoms with Gasteiger partial charge in [0.1, 0.15) is 0 Å². The normalized spacial score (nSPS) is 11.4. The van der Waals surface area contributed by atoms with Crippen LogP contribution in [0.2, 0.25) is 0 Å². The number of carbonyl (C=O) groups is 1. The highest BCUT2D eigenvalue weighted by Gasteiger charge is 2.00. The Morgan fingerprint density at radius 3 is 2.54 bits per heavy atom. The largest absolute Gasteiger partial charge is 0.465 e. The summed E-state index contributed by atoms with van der Waals surface area (Å²) in [6, 6.07) is 0. The monoisotopic (exact) mass is 185 g/mol. The summed E-state index contributed by atoms with van der Waals surface area (Å²) >= 11 is 0. The first-order valence-electron chi connectivity index (χ1n) is 4.89. The topological polar surface area (TPSA) is 49.3 Å². The van der Waals surface area contributed by atoms with Gasteiger partial charge in [0.25, 0.3) is 0 Å². The summed E-state index contributed by atoms with van der Waals surface area (Å²) in [7, 11) is 0. The van der Waals surface area contributed by atoms with Crippen LogP contribution < -0.4 is 5.32 Å². The predicted molar refractivity (Wildman–Crippen MR) is 53.7 cm³/mol. The molecule has 0 heterocycles. The van der Waals surface area contributed by atoms with Crippen molar-refractivity contribution in [3.8, 4) is 0 Å². The van der Waals surface area contributed by atoms with E-state index < -0.39 is 6.09 Å². The van der Waals surface area contributed by atoms with E-state index in [1.165, 1.54) is 0 Å². The number of allylic oxidation sites excluding steroid dienone is 2. The van der Waals surface area contributed by atoms with Gasteiger partial charge in [0.15, 0.2) is 0 Å². The molecule has 0 fully saturated rings. The van der Waals surface area contributed by atoms with E-state index in [4.69, 9.17) is 5.11 Å². The smallest absolute Gasteiger partial charge is 0.408 e. The fourth-order valence-corrected chi connectivity index (χ4v) is 1.16. The average Bonchev–Trinajstić information content (AvgIpc) is 2.04. The van der Waals surface area contributed by atoms with E-state index >= 15 is 0 Å². The number of unbranched alkanes of at least 4 members (excludes halogenated alkanes) is 2. The Morgan fingerprint density at radius 2 is 2.08 bits per heavy atom. The summed E-state index contributed by atoms with van der Waals surface area (Å²) in [6.45, 7) is 4.14. The van der Waals surface area contributed by atoms with Crippen molar-refractivity contribution in [1.29, 1.82) is 0 Å². The predicted octanol–water partition coefficient (Wildman–Crippen LogP) is 3.13. The van der Waals surface area contributed by atoms with Crippen LogP contribution in [0.1, 0.15) is 46.0 Å². The molecule has 0 aromatic rings. The van der Waals surface area contributed by atoms with Crippen LogP contribution in [0.15, 0.2) is 11.8 Å². The molecule has 0 aromatic heterocycles. The van der Waals surface area contributed by atoms with Crippen LogP contribution in [0.3, 0.4) is 0 Å². The number of nitrogens with one attached hydrogen (secondary N) is 1. The van der Waals surface area contributed by atoms with Gasteiger partial charge < -0.3 is 5.11 Å². The van der Waals surface area contributed by atoms with E-state index in [0.717, 1.165) is 37.8 Å². The summed E-state index contributed by atoms with van der Waals surface area (Å²) in [5.74, 6) is 0. The molecule has 3 nitrogen and oxygen atoms in total. The van der Waals surface area contributed by atoms with Crippen LogP contribution >= 0.6 is 0 Å². The maximum atomic E-state index is 10.4. The average molecular weight is 185 g/mol. The summed E-state index contributed by atoms with van der Waals surface area (Å²) in [4.78, 5) is 10.4. The third kappa shape index (κ3) is 7.37. The van der Waals surface area contributed by atoms with Gasteiger partial charge in [-0.05, 0) is 19.3 Å². The molecule has 76 valence electrons. The van der Waals surface area contributed by atoms with Gasteiger partial charge in [-0.25, -0.2) is 4.79 Å². The maximum Gasteiger partial charge on any atom is 0.408 e. The molecule has 2 N–H and O–H groups in total. The Balaban J connectivity index is 3.81. The third-order valence-corrected chi connectivity index (χ3v) is 1.77. The summed E-state index contributed by atoms with van der Waals surface area (Å²) in [6.07, 6.45) is 6.06. The van der Waals surface area contributed by atoms with E-state index in [1.807, 2.05) is 13.0 Å². The number of hydrogen-bond donors (Lipinski definition) is 2. The Morgan fingerprint density at radius 1 is 1.38 bits per heavy atom. The van der Waals surface area contributed by atoms with E-state index in [0.29, 0.717) is 0 Å². The molecular weight excluding hydrogens is 166 g/mol. The highest BCUT2D eigenvalue weighted by Crippen LogP contribution is 2.06. The first-order valence-corrected chi connectivity index (χ1v) is 4.89. The Bertz CT molecular complexity index is 176. The lowest BCUT2D eigenvalue weighted by atomic mass is 10.1. The molecule has 0 aliphatic heterocycles. The number of rotatable bonds is 6. The molecule has 0 radical (unpaired) electrons. The summed E-state index contributed by atoms with van der Waals surface area (Å²) < 4.78 is 0. The first-order chi connectivity index (χ1) is 6.20. The van der Waals surface area contributed by atoms with Gasteiger partial charge in [-0.3, -0.25) is 5.32 Å². The molecule has 0 saturated heterocycles. The second-order valence-electron chi connectivity index (χ2n) is 3.02. The Kier molecular flexibility index (Phi) is 7.07. The minimum Gasteiger partial charge on any atom is -0.465 e. The zero-order valence-corrected chi connectivity index (χ0v) is 8.47. The minimum atomic E-state index is -0.962. The van der Waals surface area contributed by atoms with Crippen LogP contribution in [0, 0.1) is 0 Å². The molecule has 0 aromatic carbocycles. The molecule has 1 amide bonds. The second kappa shape index (κ2) is 7.65. The van der Waals surface area contributed by atoms with Crippen molar-refractivity contribution in [2.45, 2.75) is 46.0 Å². The van der Waals surface area contributed by atoms with E-state index in [-0.39, 0.29) is 0 Å². The van der Waals surface area contributed by atoms with Crippen molar-refractivity contribution in [2.75, 3.05) is 0 Å². The highest BCUT2D eigenvalue weighted by atomic mass is 16.4. The van der Waals surface area contributed by atoms with Crippen LogP contribution in [0.25, 0.3) is 0 Å².